The standard InChI is InChI=1S/2C54H77Br2NO5.CH4.BrH/c2*1-3-5-7-9-11-13-15-17-18-20-22-24-26-28-32-42(31-27-25-23-21-19-16-14-12-10-8-6-4-2)54(61)62-38-37-41-39-45(55)51(46(56)40-41)57-47-35-36-48(58)50-49(47)52(59)43-33-29-30-34-44(43)53(50)60;;/h2*29-30,33-36,39-40,42,57-58H,3-28,31-32,37-38H2,1-2H3;1H4;1H. The summed E-state index contributed by atoms with van der Waals surface area (Å²) in [6.45, 7) is 9.73. The second kappa shape index (κ2) is 67.0. The molecule has 0 spiro atoms. The number of carbonyl (C=O) groups excluding carboxylic acids is 6. The van der Waals surface area contributed by atoms with Crippen molar-refractivity contribution in [3.63, 3.8) is 0 Å². The zero-order valence-corrected chi connectivity index (χ0v) is 84.9. The summed E-state index contributed by atoms with van der Waals surface area (Å²) in [6.07, 6.45) is 73.4. The van der Waals surface area contributed by atoms with Crippen molar-refractivity contribution in [3.8, 4) is 11.5 Å². The minimum absolute atomic E-state index is 0. The second-order valence-electron chi connectivity index (χ2n) is 35.7. The van der Waals surface area contributed by atoms with Crippen LogP contribution in [0.2, 0.25) is 0 Å². The Morgan fingerprint density at radius 2 is 0.579 bits per heavy atom. The van der Waals surface area contributed by atoms with Gasteiger partial charge in [-0.05, 0) is 143 Å². The van der Waals surface area contributed by atoms with Crippen LogP contribution in [-0.2, 0) is 31.9 Å². The lowest BCUT2D eigenvalue weighted by Gasteiger charge is -2.22. The van der Waals surface area contributed by atoms with Crippen LogP contribution in [0.25, 0.3) is 0 Å². The third-order valence-electron chi connectivity index (χ3n) is 25.5. The van der Waals surface area contributed by atoms with Crippen LogP contribution in [0.3, 0.4) is 0 Å². The molecule has 0 saturated carbocycles. The van der Waals surface area contributed by atoms with Crippen LogP contribution in [0.1, 0.15) is 470 Å². The van der Waals surface area contributed by atoms with E-state index >= 15 is 0 Å². The molecule has 2 aliphatic carbocycles. The maximum atomic E-state index is 13.7. The number of ether oxygens (including phenoxy) is 2. The molecular weight excluding hydrogens is 1900 g/mol. The van der Waals surface area contributed by atoms with E-state index < -0.39 is 0 Å². The van der Waals surface area contributed by atoms with Crippen molar-refractivity contribution in [2.24, 2.45) is 11.8 Å². The fourth-order valence-corrected chi connectivity index (χ4v) is 20.9. The highest BCUT2D eigenvalue weighted by atomic mass is 79.9. The van der Waals surface area contributed by atoms with Gasteiger partial charge >= 0.3 is 11.9 Å². The predicted octanol–water partition coefficient (Wildman–Crippen LogP) is 30.6. The van der Waals surface area contributed by atoms with Gasteiger partial charge in [0.05, 0.1) is 67.6 Å². The SMILES string of the molecule is C.CCCCCCCCCCCCCCCCC(CCCCCCCCCCCCCC)C(=O)OCCc1cc(Br)c(Nc2ccc(O)c3c2C(=O)c2ccccc2C3=O)c(Br)c1.CCCCCCCCCCCCCCCCC(CCCCCCCCCCCCCC)C(=O)OCCc1cc(Br)c([NH2+]c2ccc(O)c3c2C(=O)c2ccccc2C3=O)c(Br)c1.[Br-]. The van der Waals surface area contributed by atoms with Crippen molar-refractivity contribution in [3.05, 3.63) is 171 Å². The molecule has 6 aromatic rings. The molecule has 12 nitrogen and oxygen atoms in total. The molecule has 2 aliphatic rings. The third kappa shape index (κ3) is 40.0. The number of esters is 2. The summed E-state index contributed by atoms with van der Waals surface area (Å²) in [6, 6.07) is 27.6. The molecule has 0 amide bonds. The average molecular weight is 2060 g/mol. The number of hydrogen-bond donors (Lipinski definition) is 4. The van der Waals surface area contributed by atoms with E-state index in [-0.39, 0.29) is 111 Å². The smallest absolute Gasteiger partial charge is 0.308 e. The van der Waals surface area contributed by atoms with Gasteiger partial charge in [-0.3, -0.25) is 34.1 Å². The van der Waals surface area contributed by atoms with Crippen LogP contribution >= 0.6 is 63.7 Å². The average Bonchev–Trinajstić information content (AvgIpc) is 0.747. The molecule has 0 bridgehead atoms. The molecule has 2 atom stereocenters. The Kier molecular flexibility index (Phi) is 59.1. The Morgan fingerprint density at radius 3 is 0.873 bits per heavy atom. The highest BCUT2D eigenvalue weighted by Crippen LogP contribution is 2.43. The van der Waals surface area contributed by atoms with Gasteiger partial charge in [-0.1, -0.05) is 418 Å². The van der Waals surface area contributed by atoms with Crippen molar-refractivity contribution < 1.29 is 70.8 Å². The van der Waals surface area contributed by atoms with Crippen LogP contribution in [0, 0.1) is 11.8 Å². The lowest BCUT2D eigenvalue weighted by molar-refractivity contribution is -0.480. The zero-order chi connectivity index (χ0) is 88.7. The quantitative estimate of drug-likeness (QED) is 0.0123. The van der Waals surface area contributed by atoms with Gasteiger partial charge in [0, 0.05) is 50.1 Å². The first-order valence-electron chi connectivity index (χ1n) is 49.5. The van der Waals surface area contributed by atoms with E-state index in [1.807, 2.05) is 29.6 Å². The number of rotatable bonds is 68. The summed E-state index contributed by atoms with van der Waals surface area (Å²) in [5, 5.41) is 26.5. The predicted molar refractivity (Wildman–Crippen MR) is 535 cm³/mol. The molecule has 126 heavy (non-hydrogen) atoms. The van der Waals surface area contributed by atoms with E-state index in [4.69, 9.17) is 9.47 Å². The molecule has 2 unspecified atom stereocenters. The number of benzene rings is 6. The maximum Gasteiger partial charge on any atom is 0.308 e. The lowest BCUT2D eigenvalue weighted by Crippen LogP contribution is -3.00. The van der Waals surface area contributed by atoms with Crippen molar-refractivity contribution >= 4 is 122 Å². The minimum atomic E-state index is -0.379. The first-order chi connectivity index (χ1) is 60.5. The summed E-state index contributed by atoms with van der Waals surface area (Å²) < 4.78 is 15.1. The lowest BCUT2D eigenvalue weighted by atomic mass is 9.82. The summed E-state index contributed by atoms with van der Waals surface area (Å²) in [5.74, 6) is -1.97. The fraction of sp³-hybridized carbons (Fsp3) is 0.615. The maximum absolute atomic E-state index is 13.7. The number of unbranched alkanes of at least 4 members (excludes halogenated alkanes) is 48. The Balaban J connectivity index is 0.000000440. The molecule has 700 valence electrons. The van der Waals surface area contributed by atoms with Crippen molar-refractivity contribution in [2.45, 2.75) is 408 Å². The summed E-state index contributed by atoms with van der Waals surface area (Å²) >= 11 is 14.9. The highest BCUT2D eigenvalue weighted by Gasteiger charge is 2.37. The van der Waals surface area contributed by atoms with Gasteiger partial charge in [0.25, 0.3) is 0 Å². The Morgan fingerprint density at radius 1 is 0.333 bits per heavy atom. The number of fused-ring (bicyclic) bond motifs is 4. The van der Waals surface area contributed by atoms with E-state index in [1.165, 1.54) is 320 Å². The van der Waals surface area contributed by atoms with E-state index in [1.54, 1.807) is 60.7 Å². The number of nitrogens with two attached hydrogens (primary N) is 1. The van der Waals surface area contributed by atoms with Crippen molar-refractivity contribution in [1.29, 1.82) is 0 Å². The number of aromatic hydroxyl groups is 2. The van der Waals surface area contributed by atoms with Crippen molar-refractivity contribution in [1.82, 2.24) is 0 Å². The summed E-state index contributed by atoms with van der Waals surface area (Å²) in [4.78, 5) is 81.2. The molecular formula is C109H159Br5N2O10. The third-order valence-corrected chi connectivity index (χ3v) is 28.1. The number of quaternary nitrogens is 1. The Labute approximate surface area is 805 Å². The van der Waals surface area contributed by atoms with E-state index in [2.05, 4.69) is 96.7 Å². The van der Waals surface area contributed by atoms with Gasteiger partial charge in [0.2, 0.25) is 5.78 Å². The monoisotopic (exact) mass is 2050 g/mol. The van der Waals surface area contributed by atoms with Crippen LogP contribution in [0.4, 0.5) is 22.7 Å². The second-order valence-corrected chi connectivity index (χ2v) is 39.2. The van der Waals surface area contributed by atoms with Crippen LogP contribution in [0.15, 0.2) is 115 Å². The number of halogens is 5. The van der Waals surface area contributed by atoms with Crippen LogP contribution < -0.4 is 27.6 Å². The van der Waals surface area contributed by atoms with Gasteiger partial charge in [-0.2, -0.15) is 0 Å². The van der Waals surface area contributed by atoms with Crippen molar-refractivity contribution in [2.75, 3.05) is 18.5 Å². The largest absolute Gasteiger partial charge is 1.00 e. The zero-order valence-electron chi connectivity index (χ0n) is 76.9. The molecule has 0 fully saturated rings. The highest BCUT2D eigenvalue weighted by molar-refractivity contribution is 9.11. The van der Waals surface area contributed by atoms with Gasteiger partial charge in [0.15, 0.2) is 23.0 Å². The van der Waals surface area contributed by atoms with E-state index in [0.717, 1.165) is 86.1 Å². The van der Waals surface area contributed by atoms with E-state index in [9.17, 15) is 39.0 Å². The Bertz CT molecular complexity index is 3830. The van der Waals surface area contributed by atoms with E-state index in [0.29, 0.717) is 59.8 Å². The summed E-state index contributed by atoms with van der Waals surface area (Å²) in [7, 11) is 0. The normalized spacial score (nSPS) is 12.5. The molecule has 0 radical (unpaired) electrons. The molecule has 8 rings (SSSR count). The summed E-state index contributed by atoms with van der Waals surface area (Å²) in [5.41, 5.74) is 6.07. The van der Waals surface area contributed by atoms with Crippen LogP contribution in [-0.4, -0.2) is 58.5 Å². The van der Waals surface area contributed by atoms with Gasteiger partial charge < -0.3 is 42.0 Å². The number of nitrogens with one attached hydrogen (secondary N) is 1. The molecule has 17 heteroatoms. The topological polar surface area (TPSA) is 190 Å². The fourth-order valence-electron chi connectivity index (χ4n) is 17.9. The van der Waals surface area contributed by atoms with Crippen LogP contribution in [0.5, 0.6) is 11.5 Å². The first kappa shape index (κ1) is 111. The molecule has 0 heterocycles. The molecule has 0 aromatic heterocycles. The van der Waals surface area contributed by atoms with Gasteiger partial charge in [-0.15, -0.1) is 0 Å². The molecule has 0 saturated heterocycles. The molecule has 0 aliphatic heterocycles. The molecule has 5 N–H and O–H groups in total. The van der Waals surface area contributed by atoms with Gasteiger partial charge in [0.1, 0.15) is 17.2 Å². The minimum Gasteiger partial charge on any atom is -1.00 e. The molecule has 6 aromatic carbocycles. The number of ketones is 4. The number of carbonyl (C=O) groups is 6. The first-order valence-corrected chi connectivity index (χ1v) is 52.7. The van der Waals surface area contributed by atoms with Gasteiger partial charge in [-0.25, -0.2) is 0 Å². The number of anilines is 2. The number of phenols is 2. The number of hydrogen-bond acceptors (Lipinski definition) is 11. The Hall–Kier alpha value is -5.30. The number of phenolic OH excluding ortho intramolecular Hbond substituents is 2.